The van der Waals surface area contributed by atoms with Crippen molar-refractivity contribution >= 4 is 99.8 Å². The largest absolute Gasteiger partial charge is 0.456 e. The van der Waals surface area contributed by atoms with Crippen molar-refractivity contribution in [2.24, 2.45) is 0 Å². The van der Waals surface area contributed by atoms with Gasteiger partial charge in [-0.1, -0.05) is 346 Å². The summed E-state index contributed by atoms with van der Waals surface area (Å²) in [6.45, 7) is 0. The number of fused-ring (bicyclic) bond motifs is 18. The van der Waals surface area contributed by atoms with Gasteiger partial charge < -0.3 is 23.2 Å². The number of hydrogen-bond acceptors (Lipinski definition) is 4. The maximum absolute atomic E-state index is 7.43. The molecule has 598 valence electrons. The summed E-state index contributed by atoms with van der Waals surface area (Å²) in [5, 5.41) is 6.61. The van der Waals surface area contributed by atoms with Gasteiger partial charge in [-0.2, -0.15) is 0 Å². The highest BCUT2D eigenvalue weighted by atomic mass is 16.3. The lowest BCUT2D eigenvalue weighted by Gasteiger charge is -2.34. The molecule has 0 saturated carbocycles. The number of benzene rings is 20. The number of nitrogens with zero attached hydrogens (tertiary/aromatic N) is 3. The summed E-state index contributed by atoms with van der Waals surface area (Å²) < 4.78 is 17.0. The lowest BCUT2D eigenvalue weighted by molar-refractivity contribution is 0.665. The first-order valence-electron chi connectivity index (χ1n) is 44.3. The van der Waals surface area contributed by atoms with Crippen LogP contribution in [0.2, 0.25) is 0 Å². The van der Waals surface area contributed by atoms with E-state index >= 15 is 0 Å². The molecule has 5 nitrogen and oxygen atoms in total. The maximum Gasteiger partial charge on any atom is 0.137 e. The summed E-state index contributed by atoms with van der Waals surface area (Å²) in [7, 11) is 0. The molecule has 3 heterocycles. The Hall–Kier alpha value is -16.6. The molecule has 0 N–H and O–H groups in total. The molecule has 0 fully saturated rings. The Morgan fingerprint density at radius 3 is 1.33 bits per heavy atom. The van der Waals surface area contributed by atoms with Crippen LogP contribution in [-0.2, 0) is 10.8 Å². The Morgan fingerprint density at radius 2 is 0.680 bits per heavy atom. The number of rotatable bonds is 15. The fraction of sp³-hybridized carbons (Fsp3) is 0.0244. The van der Waals surface area contributed by atoms with Gasteiger partial charge in [-0.05, 0) is 255 Å². The molecule has 0 bridgehead atoms. The highest BCUT2D eigenvalue weighted by Crippen LogP contribution is 2.62. The lowest BCUT2D eigenvalue weighted by Crippen LogP contribution is -2.28. The molecule has 0 radical (unpaired) electrons. The molecule has 128 heavy (non-hydrogen) atoms. The zero-order chi connectivity index (χ0) is 84.1. The van der Waals surface area contributed by atoms with Crippen molar-refractivity contribution in [2.45, 2.75) is 16.7 Å². The van der Waals surface area contributed by atoms with Crippen molar-refractivity contribution in [1.29, 1.82) is 0 Å². The van der Waals surface area contributed by atoms with Gasteiger partial charge in [-0.3, -0.25) is 0 Å². The number of hydrogen-bond donors (Lipinski definition) is 0. The average molecular weight is 1630 g/mol. The summed E-state index contributed by atoms with van der Waals surface area (Å²) in [5.41, 5.74) is 39.2. The number of aromatic nitrogens is 1. The van der Waals surface area contributed by atoms with Gasteiger partial charge in [0.25, 0.3) is 0 Å². The Bertz CT molecular complexity index is 8310. The smallest absolute Gasteiger partial charge is 0.137 e. The van der Waals surface area contributed by atoms with E-state index in [1.54, 1.807) is 0 Å². The van der Waals surface area contributed by atoms with Crippen LogP contribution < -0.4 is 9.80 Å². The van der Waals surface area contributed by atoms with Crippen LogP contribution in [0.5, 0.6) is 0 Å². The topological polar surface area (TPSA) is 37.7 Å². The Morgan fingerprint density at radius 1 is 0.227 bits per heavy atom. The van der Waals surface area contributed by atoms with Crippen molar-refractivity contribution in [3.8, 4) is 72.4 Å². The van der Waals surface area contributed by atoms with E-state index in [4.69, 9.17) is 8.83 Å². The summed E-state index contributed by atoms with van der Waals surface area (Å²) >= 11 is 0. The van der Waals surface area contributed by atoms with E-state index in [1.807, 2.05) is 0 Å². The van der Waals surface area contributed by atoms with Crippen molar-refractivity contribution in [2.75, 3.05) is 9.80 Å². The first-order chi connectivity index (χ1) is 63.5. The summed E-state index contributed by atoms with van der Waals surface area (Å²) in [6.07, 6.45) is 0. The van der Waals surface area contributed by atoms with Crippen LogP contribution in [0.3, 0.4) is 0 Å². The molecule has 2 atom stereocenters. The molecule has 0 amide bonds. The summed E-state index contributed by atoms with van der Waals surface area (Å²) in [5.74, 6) is -0.0877. The Balaban J connectivity index is 0.626. The normalized spacial score (nSPS) is 14.4. The lowest BCUT2D eigenvalue weighted by atomic mass is 9.67. The fourth-order valence-corrected chi connectivity index (χ4v) is 22.4. The first-order valence-corrected chi connectivity index (χ1v) is 44.3. The van der Waals surface area contributed by atoms with Gasteiger partial charge in [-0.15, -0.1) is 0 Å². The zero-order valence-electron chi connectivity index (χ0n) is 69.8. The maximum atomic E-state index is 7.43. The van der Waals surface area contributed by atoms with Gasteiger partial charge in [0.15, 0.2) is 0 Å². The predicted octanol–water partition coefficient (Wildman–Crippen LogP) is 32.4. The standard InChI is InChI=1S/C123H79N3O2/c1-8-31-79(32-9-1)81-57-61-90(62-58-81)124(93-67-70-115-104(72-93)105-75-102-96-47-22-25-52-108(96)122(85-38-14-4-15-39-85,86-40-16-5-17-41-86)110(102)77-117(105)127-115)92-66-69-100-106(73-92)119(83-35-12-3-13-36-83)101-51-29-50-95(120(100)101)84-37-28-44-88(71-84)123(87-42-18-6-19-43-87)109-53-26-23-48-97(109)103-76-107-118(78-111(103)123)128-116-56-30-55-113(121(107)116)125(91-63-59-82(60-64-91)80-33-10-2-11-34-80)94-65-68-99-98-49-24-27-54-112(98)126(114(99)74-94)89-45-20-7-21-46-89/h1-78,119H. The number of furan rings is 2. The molecule has 0 saturated heterocycles. The molecule has 3 aliphatic rings. The van der Waals surface area contributed by atoms with Gasteiger partial charge in [0.1, 0.15) is 22.3 Å². The third-order valence-corrected chi connectivity index (χ3v) is 27.8. The highest BCUT2D eigenvalue weighted by Gasteiger charge is 2.49. The molecule has 0 spiro atoms. The van der Waals surface area contributed by atoms with Crippen LogP contribution >= 0.6 is 0 Å². The Labute approximate surface area is 741 Å². The minimum absolute atomic E-state index is 0.0877. The molecule has 20 aromatic carbocycles. The van der Waals surface area contributed by atoms with Crippen molar-refractivity contribution in [3.63, 3.8) is 0 Å². The van der Waals surface area contributed by atoms with Gasteiger partial charge in [0.2, 0.25) is 0 Å². The zero-order valence-corrected chi connectivity index (χ0v) is 69.8. The van der Waals surface area contributed by atoms with Crippen molar-refractivity contribution in [1.82, 2.24) is 4.57 Å². The molecule has 3 aromatic heterocycles. The quantitative estimate of drug-likeness (QED) is 0.103. The third kappa shape index (κ3) is 11.0. The second-order valence-electron chi connectivity index (χ2n) is 34.4. The molecule has 26 rings (SSSR count). The van der Waals surface area contributed by atoms with Crippen LogP contribution in [0.25, 0.3) is 138 Å². The van der Waals surface area contributed by atoms with E-state index in [1.165, 1.54) is 122 Å². The molecular formula is C123H79N3O2. The minimum Gasteiger partial charge on any atom is -0.456 e. The monoisotopic (exact) mass is 1630 g/mol. The van der Waals surface area contributed by atoms with Crippen LogP contribution in [0.4, 0.5) is 34.1 Å². The molecular weight excluding hydrogens is 1550 g/mol. The molecule has 23 aromatic rings. The molecule has 5 heteroatoms. The van der Waals surface area contributed by atoms with E-state index in [2.05, 4.69) is 488 Å². The van der Waals surface area contributed by atoms with Crippen molar-refractivity contribution in [3.05, 3.63) is 534 Å². The van der Waals surface area contributed by atoms with Gasteiger partial charge in [-0.25, -0.2) is 0 Å². The van der Waals surface area contributed by atoms with E-state index in [-0.39, 0.29) is 5.92 Å². The van der Waals surface area contributed by atoms with Gasteiger partial charge in [0, 0.05) is 67.0 Å². The van der Waals surface area contributed by atoms with E-state index in [0.717, 1.165) is 111 Å². The summed E-state index contributed by atoms with van der Waals surface area (Å²) in [6, 6.07) is 175. The average Bonchev–Trinajstić information content (AvgIpc) is 1.53. The van der Waals surface area contributed by atoms with Crippen LogP contribution in [0.15, 0.2) is 482 Å². The molecule has 3 aliphatic carbocycles. The number of anilines is 6. The van der Waals surface area contributed by atoms with E-state index in [9.17, 15) is 0 Å². The first kappa shape index (κ1) is 73.0. The SMILES string of the molecule is c1ccc(-c2ccc(N(c3ccc4c(c3)C(c3ccccc3)c3cccc(-c5cccc(C6(c7ccccc7)c7ccccc7-c7cc8c(cc76)oc6cccc(N(c7ccc(-c9ccccc9)cc7)c7ccc9c%10ccccc%10n(-c%10ccccc%10)c9c7)c68)c5)c3-4)c3ccc4oc5cc6c(cc5c4c3)-c3ccccc3C6(c3ccccc3)c3ccccc3)cc2)cc1. The number of para-hydroxylation sites is 2. The second kappa shape index (κ2) is 29.0. The molecule has 0 aliphatic heterocycles. The highest BCUT2D eigenvalue weighted by molar-refractivity contribution is 6.17. The van der Waals surface area contributed by atoms with Crippen molar-refractivity contribution < 1.29 is 8.83 Å². The summed E-state index contributed by atoms with van der Waals surface area (Å²) in [4.78, 5) is 4.89. The third-order valence-electron chi connectivity index (χ3n) is 27.8. The molecule has 2 unspecified atom stereocenters. The second-order valence-corrected chi connectivity index (χ2v) is 34.4. The van der Waals surface area contributed by atoms with Crippen LogP contribution in [-0.4, -0.2) is 4.57 Å². The van der Waals surface area contributed by atoms with Gasteiger partial charge in [0.05, 0.1) is 32.9 Å². The van der Waals surface area contributed by atoms with E-state index in [0.29, 0.717) is 0 Å². The fourth-order valence-electron chi connectivity index (χ4n) is 22.4. The Kier molecular flexibility index (Phi) is 16.5. The minimum atomic E-state index is -0.785. The van der Waals surface area contributed by atoms with Crippen LogP contribution in [0, 0.1) is 0 Å². The predicted molar refractivity (Wildman–Crippen MR) is 528 cm³/mol. The van der Waals surface area contributed by atoms with Gasteiger partial charge >= 0.3 is 0 Å². The van der Waals surface area contributed by atoms with Crippen LogP contribution in [0.1, 0.15) is 67.1 Å². The van der Waals surface area contributed by atoms with E-state index < -0.39 is 10.8 Å².